The molecular weight excluding hydrogens is 239 g/mol. The Hall–Kier alpha value is -1.87. The molecule has 0 saturated heterocycles. The summed E-state index contributed by atoms with van der Waals surface area (Å²) in [7, 11) is 1.99. The number of halogens is 1. The third-order valence-corrected chi connectivity index (χ3v) is 3.17. The number of hydrogen-bond donors (Lipinski definition) is 1. The fraction of sp³-hybridized carbons (Fsp3) is 0.250. The average molecular weight is 258 g/mol. The molecule has 0 fully saturated rings. The molecular formula is C16H19FN2. The quantitative estimate of drug-likeness (QED) is 0.909. The van der Waals surface area contributed by atoms with E-state index >= 15 is 0 Å². The molecule has 3 heteroatoms. The van der Waals surface area contributed by atoms with Crippen molar-refractivity contribution in [3.8, 4) is 0 Å². The molecule has 0 heterocycles. The molecule has 19 heavy (non-hydrogen) atoms. The SMILES string of the molecule is CC(N)c1ccc(N(C)Cc2cccc(F)c2)cc1. The summed E-state index contributed by atoms with van der Waals surface area (Å²) < 4.78 is 13.1. The fourth-order valence-corrected chi connectivity index (χ4v) is 2.03. The van der Waals surface area contributed by atoms with Gasteiger partial charge in [-0.15, -0.1) is 0 Å². The molecule has 0 saturated carbocycles. The molecule has 100 valence electrons. The van der Waals surface area contributed by atoms with E-state index in [2.05, 4.69) is 4.90 Å². The van der Waals surface area contributed by atoms with Crippen LogP contribution < -0.4 is 10.6 Å². The van der Waals surface area contributed by atoms with Crippen LogP contribution in [-0.2, 0) is 6.54 Å². The van der Waals surface area contributed by atoms with E-state index in [4.69, 9.17) is 5.73 Å². The lowest BCUT2D eigenvalue weighted by atomic mass is 10.1. The minimum Gasteiger partial charge on any atom is -0.370 e. The van der Waals surface area contributed by atoms with Crippen LogP contribution in [-0.4, -0.2) is 7.05 Å². The maximum Gasteiger partial charge on any atom is 0.123 e. The fourth-order valence-electron chi connectivity index (χ4n) is 2.03. The Morgan fingerprint density at radius 3 is 2.42 bits per heavy atom. The molecule has 1 unspecified atom stereocenters. The number of rotatable bonds is 4. The van der Waals surface area contributed by atoms with Gasteiger partial charge >= 0.3 is 0 Å². The van der Waals surface area contributed by atoms with Crippen molar-refractivity contribution in [1.82, 2.24) is 0 Å². The van der Waals surface area contributed by atoms with Crippen molar-refractivity contribution in [3.05, 3.63) is 65.5 Å². The molecule has 1 atom stereocenters. The minimum absolute atomic E-state index is 0.0441. The number of hydrogen-bond acceptors (Lipinski definition) is 2. The number of anilines is 1. The second-order valence-electron chi connectivity index (χ2n) is 4.87. The van der Waals surface area contributed by atoms with Crippen molar-refractivity contribution in [2.75, 3.05) is 11.9 Å². The summed E-state index contributed by atoms with van der Waals surface area (Å²) >= 11 is 0. The van der Waals surface area contributed by atoms with Crippen LogP contribution in [0.4, 0.5) is 10.1 Å². The van der Waals surface area contributed by atoms with Gasteiger partial charge in [-0.1, -0.05) is 24.3 Å². The molecule has 0 aliphatic carbocycles. The Labute approximate surface area is 113 Å². The first-order chi connectivity index (χ1) is 9.06. The summed E-state index contributed by atoms with van der Waals surface area (Å²) in [6.07, 6.45) is 0. The number of benzene rings is 2. The maximum atomic E-state index is 13.1. The van der Waals surface area contributed by atoms with Crippen molar-refractivity contribution < 1.29 is 4.39 Å². The summed E-state index contributed by atoms with van der Waals surface area (Å²) in [4.78, 5) is 2.08. The van der Waals surface area contributed by atoms with Gasteiger partial charge in [-0.3, -0.25) is 0 Å². The van der Waals surface area contributed by atoms with Gasteiger partial charge in [0, 0.05) is 25.3 Å². The third-order valence-electron chi connectivity index (χ3n) is 3.17. The highest BCUT2D eigenvalue weighted by Crippen LogP contribution is 2.19. The van der Waals surface area contributed by atoms with Crippen LogP contribution in [0.5, 0.6) is 0 Å². The molecule has 2 rings (SSSR count). The molecule has 2 aromatic carbocycles. The lowest BCUT2D eigenvalue weighted by Crippen LogP contribution is -2.16. The van der Waals surface area contributed by atoms with E-state index in [1.54, 1.807) is 12.1 Å². The standard InChI is InChI=1S/C16H19FN2/c1-12(18)14-6-8-16(9-7-14)19(2)11-13-4-3-5-15(17)10-13/h3-10,12H,11,18H2,1-2H3. The molecule has 0 aliphatic heterocycles. The number of nitrogens with zero attached hydrogens (tertiary/aromatic N) is 1. The molecule has 0 aliphatic rings. The van der Waals surface area contributed by atoms with E-state index in [1.807, 2.05) is 44.3 Å². The predicted octanol–water partition coefficient (Wildman–Crippen LogP) is 3.48. The molecule has 0 aromatic heterocycles. The lowest BCUT2D eigenvalue weighted by Gasteiger charge is -2.20. The lowest BCUT2D eigenvalue weighted by molar-refractivity contribution is 0.625. The molecule has 2 nitrogen and oxygen atoms in total. The Bertz CT molecular complexity index is 535. The second kappa shape index (κ2) is 5.85. The van der Waals surface area contributed by atoms with Crippen molar-refractivity contribution in [1.29, 1.82) is 0 Å². The minimum atomic E-state index is -0.196. The van der Waals surface area contributed by atoms with Crippen LogP contribution >= 0.6 is 0 Å². The molecule has 2 aromatic rings. The van der Waals surface area contributed by atoms with E-state index < -0.39 is 0 Å². The van der Waals surface area contributed by atoms with Crippen molar-refractivity contribution in [3.63, 3.8) is 0 Å². The smallest absolute Gasteiger partial charge is 0.123 e. The third kappa shape index (κ3) is 3.55. The van der Waals surface area contributed by atoms with E-state index in [1.165, 1.54) is 6.07 Å². The van der Waals surface area contributed by atoms with Crippen LogP contribution in [0.15, 0.2) is 48.5 Å². The van der Waals surface area contributed by atoms with E-state index in [-0.39, 0.29) is 11.9 Å². The average Bonchev–Trinajstić information content (AvgIpc) is 2.39. The second-order valence-corrected chi connectivity index (χ2v) is 4.87. The predicted molar refractivity (Wildman–Crippen MR) is 77.6 cm³/mol. The normalized spacial score (nSPS) is 12.2. The summed E-state index contributed by atoms with van der Waals surface area (Å²) in [6, 6.07) is 14.9. The Balaban J connectivity index is 2.09. The molecule has 2 N–H and O–H groups in total. The van der Waals surface area contributed by atoms with Crippen LogP contribution in [0.2, 0.25) is 0 Å². The van der Waals surface area contributed by atoms with Gasteiger partial charge in [0.05, 0.1) is 0 Å². The first-order valence-corrected chi connectivity index (χ1v) is 6.37. The zero-order valence-electron chi connectivity index (χ0n) is 11.3. The van der Waals surface area contributed by atoms with Crippen LogP contribution in [0, 0.1) is 5.82 Å². The summed E-state index contributed by atoms with van der Waals surface area (Å²) in [5, 5.41) is 0. The maximum absolute atomic E-state index is 13.1. The van der Waals surface area contributed by atoms with Gasteiger partial charge in [0.2, 0.25) is 0 Å². The first kappa shape index (κ1) is 13.6. The van der Waals surface area contributed by atoms with E-state index in [0.717, 1.165) is 16.8 Å². The van der Waals surface area contributed by atoms with Crippen LogP contribution in [0.3, 0.4) is 0 Å². The first-order valence-electron chi connectivity index (χ1n) is 6.37. The zero-order valence-corrected chi connectivity index (χ0v) is 11.3. The Morgan fingerprint density at radius 2 is 1.84 bits per heavy atom. The Kier molecular flexibility index (Phi) is 4.17. The van der Waals surface area contributed by atoms with Crippen molar-refractivity contribution >= 4 is 5.69 Å². The summed E-state index contributed by atoms with van der Waals surface area (Å²) in [5.74, 6) is -0.196. The van der Waals surface area contributed by atoms with Crippen molar-refractivity contribution in [2.24, 2.45) is 5.73 Å². The van der Waals surface area contributed by atoms with Crippen LogP contribution in [0.1, 0.15) is 24.1 Å². The highest BCUT2D eigenvalue weighted by Gasteiger charge is 2.04. The molecule has 0 bridgehead atoms. The highest BCUT2D eigenvalue weighted by atomic mass is 19.1. The zero-order chi connectivity index (χ0) is 13.8. The van der Waals surface area contributed by atoms with E-state index in [9.17, 15) is 4.39 Å². The summed E-state index contributed by atoms with van der Waals surface area (Å²) in [6.45, 7) is 2.64. The van der Waals surface area contributed by atoms with Crippen LogP contribution in [0.25, 0.3) is 0 Å². The van der Waals surface area contributed by atoms with Gasteiger partial charge in [-0.25, -0.2) is 4.39 Å². The van der Waals surface area contributed by atoms with Gasteiger partial charge in [0.25, 0.3) is 0 Å². The molecule has 0 spiro atoms. The van der Waals surface area contributed by atoms with Gasteiger partial charge < -0.3 is 10.6 Å². The highest BCUT2D eigenvalue weighted by molar-refractivity contribution is 5.47. The monoisotopic (exact) mass is 258 g/mol. The summed E-state index contributed by atoms with van der Waals surface area (Å²) in [5.41, 5.74) is 8.99. The largest absolute Gasteiger partial charge is 0.370 e. The van der Waals surface area contributed by atoms with Gasteiger partial charge in [0.15, 0.2) is 0 Å². The number of nitrogens with two attached hydrogens (primary N) is 1. The van der Waals surface area contributed by atoms with Gasteiger partial charge in [-0.05, 0) is 42.3 Å². The molecule has 0 radical (unpaired) electrons. The van der Waals surface area contributed by atoms with Crippen molar-refractivity contribution in [2.45, 2.75) is 19.5 Å². The van der Waals surface area contributed by atoms with Gasteiger partial charge in [-0.2, -0.15) is 0 Å². The molecule has 0 amide bonds. The van der Waals surface area contributed by atoms with Gasteiger partial charge in [0.1, 0.15) is 5.82 Å². The Morgan fingerprint density at radius 1 is 1.16 bits per heavy atom. The topological polar surface area (TPSA) is 29.3 Å². The van der Waals surface area contributed by atoms with E-state index in [0.29, 0.717) is 6.54 Å².